The van der Waals surface area contributed by atoms with Gasteiger partial charge < -0.3 is 24.6 Å². The molecule has 12 heteroatoms. The fourth-order valence-electron chi connectivity index (χ4n) is 4.69. The zero-order chi connectivity index (χ0) is 23.7. The minimum absolute atomic E-state index is 0. The van der Waals surface area contributed by atoms with E-state index in [1.54, 1.807) is 41.8 Å². The van der Waals surface area contributed by atoms with Gasteiger partial charge in [-0.2, -0.15) is 5.26 Å². The molecule has 2 aliphatic heterocycles. The largest absolute Gasteiger partial charge is 0.480 e. The molecule has 9 nitrogen and oxygen atoms in total. The van der Waals surface area contributed by atoms with Crippen LogP contribution in [0.25, 0.3) is 11.0 Å². The lowest BCUT2D eigenvalue weighted by Gasteiger charge is -2.18. The second kappa shape index (κ2) is 12.2. The monoisotopic (exact) mass is 550 g/mol. The predicted octanol–water partition coefficient (Wildman–Crippen LogP) is 2.11. The summed E-state index contributed by atoms with van der Waals surface area (Å²) in [5.41, 5.74) is 3.54. The van der Waals surface area contributed by atoms with Gasteiger partial charge in [-0.1, -0.05) is 11.8 Å². The highest BCUT2D eigenvalue weighted by Gasteiger charge is 2.31. The Labute approximate surface area is 225 Å². The topological polar surface area (TPSA) is 116 Å². The van der Waals surface area contributed by atoms with Gasteiger partial charge in [0.05, 0.1) is 39.5 Å². The van der Waals surface area contributed by atoms with E-state index >= 15 is 0 Å². The molecular formula is C24H28Cl2N6O3S. The van der Waals surface area contributed by atoms with E-state index in [-0.39, 0.29) is 36.3 Å². The number of aryl methyl sites for hydroxylation is 1. The highest BCUT2D eigenvalue weighted by atomic mass is 35.5. The number of likely N-dealkylation sites (tertiary alicyclic amines) is 1. The lowest BCUT2D eigenvalue weighted by atomic mass is 10.0. The molecule has 1 saturated heterocycles. The summed E-state index contributed by atoms with van der Waals surface area (Å²) in [6.07, 6.45) is 3.53. The summed E-state index contributed by atoms with van der Waals surface area (Å²) in [5.74, 6) is 1.60. The molecule has 3 aromatic heterocycles. The molecule has 0 spiro atoms. The average Bonchev–Trinajstić information content (AvgIpc) is 3.45. The van der Waals surface area contributed by atoms with Crippen LogP contribution in [0.3, 0.4) is 0 Å². The zero-order valence-corrected chi connectivity index (χ0v) is 22.2. The van der Waals surface area contributed by atoms with Gasteiger partial charge in [0.15, 0.2) is 5.75 Å². The van der Waals surface area contributed by atoms with E-state index in [9.17, 15) is 15.2 Å². The van der Waals surface area contributed by atoms with Crippen molar-refractivity contribution in [2.45, 2.75) is 24.0 Å². The van der Waals surface area contributed by atoms with E-state index in [1.807, 2.05) is 0 Å². The molecule has 5 heterocycles. The van der Waals surface area contributed by atoms with E-state index in [2.05, 4.69) is 32.3 Å². The number of rotatable bonds is 7. The summed E-state index contributed by atoms with van der Waals surface area (Å²) in [6, 6.07) is 7.46. The van der Waals surface area contributed by atoms with Gasteiger partial charge in [0.2, 0.25) is 0 Å². The summed E-state index contributed by atoms with van der Waals surface area (Å²) in [7, 11) is 1.71. The van der Waals surface area contributed by atoms with Crippen LogP contribution in [0.15, 0.2) is 40.3 Å². The summed E-state index contributed by atoms with van der Waals surface area (Å²) in [5, 5.41) is 23.6. The molecule has 2 atom stereocenters. The van der Waals surface area contributed by atoms with Crippen molar-refractivity contribution in [2.24, 2.45) is 13.0 Å². The molecule has 0 saturated carbocycles. The maximum absolute atomic E-state index is 12.2. The quantitative estimate of drug-likeness (QED) is 0.456. The van der Waals surface area contributed by atoms with Gasteiger partial charge in [-0.05, 0) is 24.1 Å². The van der Waals surface area contributed by atoms with E-state index < -0.39 is 6.10 Å². The number of ether oxygens (including phenoxy) is 1. The Morgan fingerprint density at radius 1 is 1.28 bits per heavy atom. The van der Waals surface area contributed by atoms with Gasteiger partial charge in [-0.15, -0.1) is 24.8 Å². The van der Waals surface area contributed by atoms with Crippen molar-refractivity contribution in [3.05, 3.63) is 57.8 Å². The lowest BCUT2D eigenvalue weighted by Crippen LogP contribution is -2.30. The van der Waals surface area contributed by atoms with Crippen molar-refractivity contribution >= 4 is 47.6 Å². The third-order valence-corrected chi connectivity index (χ3v) is 7.41. The van der Waals surface area contributed by atoms with Gasteiger partial charge in [0, 0.05) is 58.0 Å². The third kappa shape index (κ3) is 5.78. The van der Waals surface area contributed by atoms with Crippen molar-refractivity contribution in [2.75, 3.05) is 32.1 Å². The van der Waals surface area contributed by atoms with Crippen LogP contribution in [-0.2, 0) is 20.0 Å². The fraction of sp³-hybridized carbons (Fsp3) is 0.417. The van der Waals surface area contributed by atoms with Gasteiger partial charge in [0.25, 0.3) is 5.56 Å². The van der Waals surface area contributed by atoms with Crippen LogP contribution in [-0.4, -0.2) is 62.8 Å². The number of aliphatic hydroxyl groups excluding tert-OH is 1. The Bertz CT molecular complexity index is 1330. The molecule has 0 aliphatic carbocycles. The normalized spacial score (nSPS) is 18.7. The molecule has 5 rings (SSSR count). The Balaban J connectivity index is 0.00000180. The van der Waals surface area contributed by atoms with Crippen molar-refractivity contribution in [1.82, 2.24) is 24.8 Å². The predicted molar refractivity (Wildman–Crippen MR) is 143 cm³/mol. The molecule has 2 aliphatic rings. The van der Waals surface area contributed by atoms with Gasteiger partial charge in [-0.25, -0.2) is 0 Å². The number of thioether (sulfide) groups is 1. The molecule has 1 fully saturated rings. The minimum Gasteiger partial charge on any atom is -0.480 e. The van der Waals surface area contributed by atoms with Crippen LogP contribution >= 0.6 is 36.6 Å². The summed E-state index contributed by atoms with van der Waals surface area (Å²) in [4.78, 5) is 24.3. The molecule has 36 heavy (non-hydrogen) atoms. The number of halogens is 2. The SMILES string of the molecule is Cl.Cl.Cn1c(=O)ccc2ncc(C#N)c(CCN3C[C@H](CNCc4cc5c(cn4)OCS5)[C@H](O)C3)c21. The molecule has 0 unspecified atom stereocenters. The van der Waals surface area contributed by atoms with Gasteiger partial charge >= 0.3 is 0 Å². The van der Waals surface area contributed by atoms with Crippen molar-refractivity contribution in [1.29, 1.82) is 5.26 Å². The Kier molecular flexibility index (Phi) is 9.58. The van der Waals surface area contributed by atoms with Gasteiger partial charge in [0.1, 0.15) is 12.0 Å². The van der Waals surface area contributed by atoms with Crippen LogP contribution in [0.2, 0.25) is 0 Å². The van der Waals surface area contributed by atoms with Crippen LogP contribution in [0.1, 0.15) is 16.8 Å². The number of β-amino-alcohol motifs (C(OH)–C–C–N with tert-alkyl or cyclic N) is 1. The number of pyridine rings is 3. The highest BCUT2D eigenvalue weighted by molar-refractivity contribution is 7.99. The van der Waals surface area contributed by atoms with Crippen LogP contribution in [0, 0.1) is 17.2 Å². The van der Waals surface area contributed by atoms with Crippen LogP contribution in [0.4, 0.5) is 0 Å². The number of hydrogen-bond acceptors (Lipinski definition) is 9. The summed E-state index contributed by atoms with van der Waals surface area (Å²) >= 11 is 1.67. The molecule has 2 N–H and O–H groups in total. The first kappa shape index (κ1) is 28.2. The van der Waals surface area contributed by atoms with E-state index in [0.717, 1.165) is 28.4 Å². The van der Waals surface area contributed by atoms with E-state index in [0.29, 0.717) is 55.1 Å². The number of aliphatic hydroxyl groups is 1. The third-order valence-electron chi connectivity index (χ3n) is 6.55. The summed E-state index contributed by atoms with van der Waals surface area (Å²) in [6.45, 7) is 3.37. The molecule has 0 aromatic carbocycles. The van der Waals surface area contributed by atoms with Crippen molar-refractivity contribution in [3.8, 4) is 11.8 Å². The Hall–Kier alpha value is -2.39. The van der Waals surface area contributed by atoms with Crippen LogP contribution in [0.5, 0.6) is 5.75 Å². The smallest absolute Gasteiger partial charge is 0.250 e. The van der Waals surface area contributed by atoms with E-state index in [4.69, 9.17) is 4.74 Å². The Morgan fingerprint density at radius 3 is 2.92 bits per heavy atom. The van der Waals surface area contributed by atoms with Crippen molar-refractivity contribution < 1.29 is 9.84 Å². The first-order valence-corrected chi connectivity index (χ1v) is 12.3. The Morgan fingerprint density at radius 2 is 2.11 bits per heavy atom. The number of nitrogens with one attached hydrogen (secondary N) is 1. The molecule has 0 radical (unpaired) electrons. The molecule has 0 bridgehead atoms. The standard InChI is InChI=1S/C24H26N6O3S.2ClH/c1-29-23(32)3-2-19-24(29)18(15(7-25)9-28-19)4-5-30-12-16(20(31)13-30)8-26-10-17-6-22-21(11-27-17)33-14-34-22;;/h2-3,6,9,11,16,20,26,31H,4-5,8,10,12-14H2,1H3;2*1H/t16-,20+;;/m0../s1. The first-order chi connectivity index (χ1) is 16.5. The minimum atomic E-state index is -0.418. The van der Waals surface area contributed by atoms with E-state index in [1.165, 1.54) is 6.07 Å². The maximum Gasteiger partial charge on any atom is 0.250 e. The second-order valence-electron chi connectivity index (χ2n) is 8.72. The average molecular weight is 552 g/mol. The first-order valence-electron chi connectivity index (χ1n) is 11.3. The second-order valence-corrected chi connectivity index (χ2v) is 9.69. The molecule has 192 valence electrons. The number of hydrogen-bond donors (Lipinski definition) is 2. The number of nitrogens with zero attached hydrogens (tertiary/aromatic N) is 5. The highest BCUT2D eigenvalue weighted by Crippen LogP contribution is 2.35. The molecular weight excluding hydrogens is 523 g/mol. The van der Waals surface area contributed by atoms with Crippen molar-refractivity contribution in [3.63, 3.8) is 0 Å². The fourth-order valence-corrected chi connectivity index (χ4v) is 5.48. The number of nitriles is 1. The zero-order valence-electron chi connectivity index (χ0n) is 19.7. The lowest BCUT2D eigenvalue weighted by molar-refractivity contribution is 0.140. The van der Waals surface area contributed by atoms with Gasteiger partial charge in [-0.3, -0.25) is 14.8 Å². The summed E-state index contributed by atoms with van der Waals surface area (Å²) < 4.78 is 7.03. The molecule has 0 amide bonds. The van der Waals surface area contributed by atoms with Crippen LogP contribution < -0.4 is 15.6 Å². The molecule has 3 aromatic rings. The maximum atomic E-state index is 12.2. The number of aromatic nitrogens is 3. The number of fused-ring (bicyclic) bond motifs is 2.